The molecule has 0 spiro atoms. The number of aromatic nitrogens is 2. The number of nitrogens with one attached hydrogen (secondary N) is 2. The van der Waals surface area contributed by atoms with Gasteiger partial charge < -0.3 is 14.8 Å². The van der Waals surface area contributed by atoms with Gasteiger partial charge in [-0.3, -0.25) is 10.2 Å². The van der Waals surface area contributed by atoms with Crippen molar-refractivity contribution in [1.82, 2.24) is 20.2 Å². The van der Waals surface area contributed by atoms with E-state index in [1.165, 1.54) is 41.2 Å². The summed E-state index contributed by atoms with van der Waals surface area (Å²) in [5, 5.41) is 14.6. The number of benzene rings is 2. The summed E-state index contributed by atoms with van der Waals surface area (Å²) in [6, 6.07) is 12.5. The van der Waals surface area contributed by atoms with Crippen LogP contribution in [0.1, 0.15) is 38.2 Å². The standard InChI is InChI=1S/C25H27FN4O2S/c1-14(31)28-16-9-17-5-6-18(10-16)30(17)13-15-12-27-22-11-19(7-8-20(15)22)32-25-29-24-21(26)3-2-4-23(24)33-25/h2-4,7-8,11-12,14,16-18,27-28,31H,5-6,9-10,13H2,1H3/t14?,16?,17-,18+. The molecule has 2 bridgehead atoms. The molecule has 0 aliphatic carbocycles. The second kappa shape index (κ2) is 8.36. The number of aromatic amines is 1. The Morgan fingerprint density at radius 2 is 2.09 bits per heavy atom. The fourth-order valence-corrected chi connectivity index (χ4v) is 6.45. The summed E-state index contributed by atoms with van der Waals surface area (Å²) in [6.07, 6.45) is 6.28. The Bertz CT molecular complexity index is 1290. The van der Waals surface area contributed by atoms with Crippen molar-refractivity contribution in [1.29, 1.82) is 0 Å². The molecular weight excluding hydrogens is 439 g/mol. The predicted octanol–water partition coefficient (Wildman–Crippen LogP) is 5.13. The molecule has 6 rings (SSSR count). The lowest BCUT2D eigenvalue weighted by molar-refractivity contribution is 0.0741. The highest BCUT2D eigenvalue weighted by molar-refractivity contribution is 7.20. The monoisotopic (exact) mass is 466 g/mol. The number of ether oxygens (including phenoxy) is 1. The lowest BCUT2D eigenvalue weighted by atomic mass is 9.96. The molecule has 2 aromatic carbocycles. The van der Waals surface area contributed by atoms with E-state index in [0.29, 0.717) is 34.6 Å². The van der Waals surface area contributed by atoms with Gasteiger partial charge >= 0.3 is 0 Å². The van der Waals surface area contributed by atoms with E-state index in [-0.39, 0.29) is 5.82 Å². The SMILES string of the molecule is CC(O)NC1C[C@H]2CC[C@@H](C1)N2Cc1c[nH]c2cc(Oc3nc4c(F)cccc4s3)ccc12. The van der Waals surface area contributed by atoms with Gasteiger partial charge in [-0.05, 0) is 62.4 Å². The first-order valence-corrected chi connectivity index (χ1v) is 12.4. The Morgan fingerprint density at radius 3 is 2.85 bits per heavy atom. The normalized spacial score (nSPS) is 24.0. The summed E-state index contributed by atoms with van der Waals surface area (Å²) in [6.45, 7) is 2.72. The molecule has 4 atom stereocenters. The van der Waals surface area contributed by atoms with Gasteiger partial charge in [0.15, 0.2) is 0 Å². The summed E-state index contributed by atoms with van der Waals surface area (Å²) in [7, 11) is 0. The molecule has 4 heterocycles. The summed E-state index contributed by atoms with van der Waals surface area (Å²) in [5.41, 5.74) is 2.66. The number of rotatable bonds is 6. The molecule has 2 aromatic heterocycles. The second-order valence-corrected chi connectivity index (χ2v) is 10.3. The first-order chi connectivity index (χ1) is 16.0. The van der Waals surface area contributed by atoms with E-state index >= 15 is 0 Å². The van der Waals surface area contributed by atoms with Crippen LogP contribution in [0.5, 0.6) is 10.9 Å². The smallest absolute Gasteiger partial charge is 0.279 e. The van der Waals surface area contributed by atoms with Gasteiger partial charge in [0.2, 0.25) is 0 Å². The summed E-state index contributed by atoms with van der Waals surface area (Å²) in [4.78, 5) is 10.3. The lowest BCUT2D eigenvalue weighted by Gasteiger charge is -2.39. The van der Waals surface area contributed by atoms with E-state index in [0.717, 1.165) is 29.6 Å². The Balaban J connectivity index is 1.18. The average Bonchev–Trinajstić information content (AvgIpc) is 3.43. The van der Waals surface area contributed by atoms with Crippen molar-refractivity contribution in [2.24, 2.45) is 0 Å². The maximum atomic E-state index is 13.9. The Hall–Kier alpha value is -2.52. The van der Waals surface area contributed by atoms with E-state index in [1.54, 1.807) is 13.0 Å². The predicted molar refractivity (Wildman–Crippen MR) is 128 cm³/mol. The highest BCUT2D eigenvalue weighted by Gasteiger charge is 2.40. The van der Waals surface area contributed by atoms with E-state index in [2.05, 4.69) is 32.4 Å². The number of hydrogen-bond donors (Lipinski definition) is 3. The van der Waals surface area contributed by atoms with Gasteiger partial charge in [-0.15, -0.1) is 0 Å². The van der Waals surface area contributed by atoms with E-state index in [4.69, 9.17) is 4.74 Å². The maximum Gasteiger partial charge on any atom is 0.279 e. The molecule has 8 heteroatoms. The quantitative estimate of drug-likeness (QED) is 0.344. The Labute approximate surface area is 195 Å². The first kappa shape index (κ1) is 21.0. The van der Waals surface area contributed by atoms with E-state index < -0.39 is 6.23 Å². The van der Waals surface area contributed by atoms with E-state index in [1.807, 2.05) is 18.2 Å². The molecule has 2 aliphatic heterocycles. The highest BCUT2D eigenvalue weighted by Crippen LogP contribution is 2.38. The van der Waals surface area contributed by atoms with Gasteiger partial charge in [0.05, 0.1) is 4.70 Å². The minimum absolute atomic E-state index is 0.331. The van der Waals surface area contributed by atoms with Crippen LogP contribution in [0.15, 0.2) is 42.6 Å². The fraction of sp³-hybridized carbons (Fsp3) is 0.400. The highest BCUT2D eigenvalue weighted by atomic mass is 32.1. The van der Waals surface area contributed by atoms with Crippen molar-refractivity contribution in [2.75, 3.05) is 0 Å². The van der Waals surface area contributed by atoms with Gasteiger partial charge in [0.25, 0.3) is 5.19 Å². The van der Waals surface area contributed by atoms with Crippen molar-refractivity contribution in [2.45, 2.75) is 63.5 Å². The molecule has 6 nitrogen and oxygen atoms in total. The Morgan fingerprint density at radius 1 is 1.27 bits per heavy atom. The minimum atomic E-state index is -0.451. The third-order valence-electron chi connectivity index (χ3n) is 7.01. The zero-order valence-corrected chi connectivity index (χ0v) is 19.2. The topological polar surface area (TPSA) is 73.4 Å². The molecule has 3 N–H and O–H groups in total. The first-order valence-electron chi connectivity index (χ1n) is 11.6. The third kappa shape index (κ3) is 4.01. The van der Waals surface area contributed by atoms with Gasteiger partial charge in [-0.2, -0.15) is 4.98 Å². The zero-order chi connectivity index (χ0) is 22.5. The van der Waals surface area contributed by atoms with Crippen molar-refractivity contribution in [3.63, 3.8) is 0 Å². The molecule has 4 aromatic rings. The summed E-state index contributed by atoms with van der Waals surface area (Å²) in [5.74, 6) is 0.350. The zero-order valence-electron chi connectivity index (χ0n) is 18.4. The van der Waals surface area contributed by atoms with Crippen molar-refractivity contribution in [3.05, 3.63) is 54.0 Å². The molecule has 33 heavy (non-hydrogen) atoms. The van der Waals surface area contributed by atoms with Gasteiger partial charge in [-0.1, -0.05) is 17.4 Å². The number of hydrogen-bond acceptors (Lipinski definition) is 6. The number of para-hydroxylation sites is 1. The van der Waals surface area contributed by atoms with E-state index in [9.17, 15) is 9.50 Å². The summed E-state index contributed by atoms with van der Waals surface area (Å²) >= 11 is 1.34. The molecule has 0 amide bonds. The third-order valence-corrected chi connectivity index (χ3v) is 7.91. The van der Waals surface area contributed by atoms with Crippen LogP contribution in [0.3, 0.4) is 0 Å². The number of halogens is 1. The van der Waals surface area contributed by atoms with Crippen LogP contribution in [0.25, 0.3) is 21.1 Å². The second-order valence-electron chi connectivity index (χ2n) is 9.26. The number of H-pyrrole nitrogens is 1. The number of aliphatic hydroxyl groups excluding tert-OH is 1. The number of aliphatic hydroxyl groups is 1. The number of piperidine rings is 1. The van der Waals surface area contributed by atoms with Crippen LogP contribution in [-0.4, -0.2) is 44.3 Å². The van der Waals surface area contributed by atoms with Gasteiger partial charge in [0.1, 0.15) is 23.3 Å². The van der Waals surface area contributed by atoms with Crippen molar-refractivity contribution in [3.8, 4) is 10.9 Å². The molecule has 2 saturated heterocycles. The van der Waals surface area contributed by atoms with Crippen molar-refractivity contribution < 1.29 is 14.2 Å². The summed E-state index contributed by atoms with van der Waals surface area (Å²) < 4.78 is 20.7. The number of fused-ring (bicyclic) bond motifs is 4. The Kier molecular flexibility index (Phi) is 5.33. The van der Waals surface area contributed by atoms with Crippen LogP contribution in [-0.2, 0) is 6.54 Å². The van der Waals surface area contributed by atoms with Crippen LogP contribution >= 0.6 is 11.3 Å². The maximum absolute atomic E-state index is 13.9. The van der Waals surface area contributed by atoms with Crippen LogP contribution in [0.2, 0.25) is 0 Å². The van der Waals surface area contributed by atoms with Crippen LogP contribution < -0.4 is 10.1 Å². The number of nitrogens with zero attached hydrogens (tertiary/aromatic N) is 2. The molecule has 0 saturated carbocycles. The largest absolute Gasteiger partial charge is 0.431 e. The molecule has 2 fully saturated rings. The molecule has 2 unspecified atom stereocenters. The van der Waals surface area contributed by atoms with Crippen LogP contribution in [0.4, 0.5) is 4.39 Å². The lowest BCUT2D eigenvalue weighted by Crippen LogP contribution is -2.50. The molecule has 0 radical (unpaired) electrons. The number of thiazole rings is 1. The van der Waals surface area contributed by atoms with Crippen molar-refractivity contribution >= 4 is 32.5 Å². The van der Waals surface area contributed by atoms with Crippen LogP contribution in [0, 0.1) is 5.82 Å². The van der Waals surface area contributed by atoms with Gasteiger partial charge in [-0.25, -0.2) is 4.39 Å². The average molecular weight is 467 g/mol. The molecule has 2 aliphatic rings. The fourth-order valence-electron chi connectivity index (χ4n) is 5.60. The molecular formula is C25H27FN4O2S. The molecule has 172 valence electrons. The van der Waals surface area contributed by atoms with Gasteiger partial charge in [0, 0.05) is 47.8 Å². The minimum Gasteiger partial charge on any atom is -0.431 e.